The summed E-state index contributed by atoms with van der Waals surface area (Å²) in [5.41, 5.74) is 0.718. The van der Waals surface area contributed by atoms with Crippen molar-refractivity contribution in [2.75, 3.05) is 33.3 Å². The van der Waals surface area contributed by atoms with E-state index in [4.69, 9.17) is 4.74 Å². The summed E-state index contributed by atoms with van der Waals surface area (Å²) in [5, 5.41) is 10.8. The molecule has 122 valence electrons. The minimum atomic E-state index is -0.560. The van der Waals surface area contributed by atoms with Gasteiger partial charge in [0.1, 0.15) is 5.75 Å². The highest BCUT2D eigenvalue weighted by molar-refractivity contribution is 5.28. The maximum absolute atomic E-state index is 10.8. The van der Waals surface area contributed by atoms with E-state index in [2.05, 4.69) is 21.9 Å². The molecule has 2 heterocycles. The fourth-order valence-electron chi connectivity index (χ4n) is 3.82. The Kier molecular flexibility index (Phi) is 4.71. The van der Waals surface area contributed by atoms with Crippen LogP contribution in [0.25, 0.3) is 0 Å². The fourth-order valence-corrected chi connectivity index (χ4v) is 3.82. The van der Waals surface area contributed by atoms with Gasteiger partial charge < -0.3 is 9.84 Å². The lowest BCUT2D eigenvalue weighted by atomic mass is 9.87. The Morgan fingerprint density at radius 3 is 2.77 bits per heavy atom. The molecule has 2 atom stereocenters. The monoisotopic (exact) mass is 304 g/mol. The Hall–Kier alpha value is -1.10. The summed E-state index contributed by atoms with van der Waals surface area (Å²) < 4.78 is 5.31. The molecule has 2 unspecified atom stereocenters. The molecule has 1 aromatic rings. The molecule has 0 spiro atoms. The molecule has 0 saturated carbocycles. The minimum absolute atomic E-state index is 0.259. The van der Waals surface area contributed by atoms with Gasteiger partial charge in [-0.1, -0.05) is 12.1 Å². The van der Waals surface area contributed by atoms with E-state index in [1.165, 1.54) is 18.4 Å². The summed E-state index contributed by atoms with van der Waals surface area (Å²) in [6.45, 7) is 7.11. The summed E-state index contributed by atoms with van der Waals surface area (Å²) in [6.07, 6.45) is 3.38. The van der Waals surface area contributed by atoms with Crippen LogP contribution in [0.4, 0.5) is 0 Å². The number of piperidine rings is 1. The van der Waals surface area contributed by atoms with Gasteiger partial charge >= 0.3 is 0 Å². The van der Waals surface area contributed by atoms with Crippen LogP contribution in [0.3, 0.4) is 0 Å². The van der Waals surface area contributed by atoms with Crippen LogP contribution in [-0.4, -0.2) is 59.8 Å². The quantitative estimate of drug-likeness (QED) is 0.924. The van der Waals surface area contributed by atoms with E-state index in [0.29, 0.717) is 0 Å². The van der Waals surface area contributed by atoms with Crippen molar-refractivity contribution >= 4 is 0 Å². The Morgan fingerprint density at radius 2 is 2.05 bits per heavy atom. The number of methoxy groups -OCH3 is 1. The molecule has 22 heavy (non-hydrogen) atoms. The first-order chi connectivity index (χ1) is 10.6. The molecular weight excluding hydrogens is 276 g/mol. The van der Waals surface area contributed by atoms with E-state index in [1.807, 2.05) is 19.1 Å². The standard InChI is InChI=1S/C18H28N2O2/c1-18(21)8-11-19(14-17(18)20-9-3-4-10-20)13-15-6-5-7-16(12-15)22-2/h5-7,12,17,21H,3-4,8-11,13-14H2,1-2H3. The second kappa shape index (κ2) is 6.57. The van der Waals surface area contributed by atoms with Crippen molar-refractivity contribution in [3.63, 3.8) is 0 Å². The highest BCUT2D eigenvalue weighted by atomic mass is 16.5. The van der Waals surface area contributed by atoms with Crippen molar-refractivity contribution in [1.82, 2.24) is 9.80 Å². The van der Waals surface area contributed by atoms with Gasteiger partial charge in [0.25, 0.3) is 0 Å². The van der Waals surface area contributed by atoms with E-state index in [0.717, 1.165) is 44.9 Å². The number of hydrogen-bond acceptors (Lipinski definition) is 4. The molecule has 0 aliphatic carbocycles. The van der Waals surface area contributed by atoms with Gasteiger partial charge in [-0.15, -0.1) is 0 Å². The maximum atomic E-state index is 10.8. The second-order valence-electron chi connectivity index (χ2n) is 6.95. The number of rotatable bonds is 4. The average Bonchev–Trinajstić information content (AvgIpc) is 3.03. The van der Waals surface area contributed by atoms with Gasteiger partial charge in [0.2, 0.25) is 0 Å². The van der Waals surface area contributed by atoms with Crippen LogP contribution >= 0.6 is 0 Å². The maximum Gasteiger partial charge on any atom is 0.119 e. The molecule has 2 aliphatic rings. The van der Waals surface area contributed by atoms with E-state index in [9.17, 15) is 5.11 Å². The number of hydrogen-bond donors (Lipinski definition) is 1. The van der Waals surface area contributed by atoms with E-state index < -0.39 is 5.60 Å². The third-order valence-electron chi connectivity index (χ3n) is 5.20. The molecule has 0 bridgehead atoms. The number of likely N-dealkylation sites (tertiary alicyclic amines) is 2. The van der Waals surface area contributed by atoms with Gasteiger partial charge in [-0.3, -0.25) is 9.80 Å². The van der Waals surface area contributed by atoms with Crippen molar-refractivity contribution in [2.24, 2.45) is 0 Å². The molecule has 1 aromatic carbocycles. The van der Waals surface area contributed by atoms with Crippen LogP contribution in [-0.2, 0) is 6.54 Å². The number of ether oxygens (including phenoxy) is 1. The Bertz CT molecular complexity index is 498. The summed E-state index contributed by atoms with van der Waals surface area (Å²) >= 11 is 0. The first-order valence-corrected chi connectivity index (χ1v) is 8.40. The molecule has 2 aliphatic heterocycles. The van der Waals surface area contributed by atoms with Gasteiger partial charge in [-0.2, -0.15) is 0 Å². The predicted molar refractivity (Wildman–Crippen MR) is 88.1 cm³/mol. The summed E-state index contributed by atoms with van der Waals surface area (Å²) in [7, 11) is 1.71. The minimum Gasteiger partial charge on any atom is -0.497 e. The predicted octanol–water partition coefficient (Wildman–Crippen LogP) is 2.12. The van der Waals surface area contributed by atoms with Crippen molar-refractivity contribution in [2.45, 2.75) is 44.4 Å². The third-order valence-corrected chi connectivity index (χ3v) is 5.20. The van der Waals surface area contributed by atoms with Crippen LogP contribution in [0.15, 0.2) is 24.3 Å². The topological polar surface area (TPSA) is 35.9 Å². The Morgan fingerprint density at radius 1 is 1.27 bits per heavy atom. The molecule has 1 N–H and O–H groups in total. The van der Waals surface area contributed by atoms with Gasteiger partial charge in [0, 0.05) is 19.6 Å². The number of benzene rings is 1. The first kappa shape index (κ1) is 15.8. The van der Waals surface area contributed by atoms with Crippen LogP contribution in [0.2, 0.25) is 0 Å². The van der Waals surface area contributed by atoms with Crippen LogP contribution in [0.1, 0.15) is 31.7 Å². The van der Waals surface area contributed by atoms with E-state index in [1.54, 1.807) is 7.11 Å². The summed E-state index contributed by atoms with van der Waals surface area (Å²) in [5.74, 6) is 0.914. The highest BCUT2D eigenvalue weighted by Crippen LogP contribution is 2.29. The molecule has 2 fully saturated rings. The lowest BCUT2D eigenvalue weighted by Gasteiger charge is -2.46. The lowest BCUT2D eigenvalue weighted by molar-refractivity contribution is -0.0776. The van der Waals surface area contributed by atoms with E-state index >= 15 is 0 Å². The van der Waals surface area contributed by atoms with E-state index in [-0.39, 0.29) is 6.04 Å². The zero-order valence-electron chi connectivity index (χ0n) is 13.8. The largest absolute Gasteiger partial charge is 0.497 e. The lowest BCUT2D eigenvalue weighted by Crippen LogP contribution is -2.60. The van der Waals surface area contributed by atoms with Crippen molar-refractivity contribution in [1.29, 1.82) is 0 Å². The third kappa shape index (κ3) is 3.45. The van der Waals surface area contributed by atoms with Crippen molar-refractivity contribution in [3.8, 4) is 5.75 Å². The van der Waals surface area contributed by atoms with Crippen LogP contribution < -0.4 is 4.74 Å². The van der Waals surface area contributed by atoms with Gasteiger partial charge in [-0.25, -0.2) is 0 Å². The van der Waals surface area contributed by atoms with Gasteiger partial charge in [0.15, 0.2) is 0 Å². The molecule has 4 heteroatoms. The second-order valence-corrected chi connectivity index (χ2v) is 6.95. The van der Waals surface area contributed by atoms with Crippen molar-refractivity contribution < 1.29 is 9.84 Å². The summed E-state index contributed by atoms with van der Waals surface area (Å²) in [6, 6.07) is 8.55. The molecule has 0 amide bonds. The zero-order chi connectivity index (χ0) is 15.6. The molecule has 4 nitrogen and oxygen atoms in total. The first-order valence-electron chi connectivity index (χ1n) is 8.40. The smallest absolute Gasteiger partial charge is 0.119 e. The molecule has 2 saturated heterocycles. The number of nitrogens with zero attached hydrogens (tertiary/aromatic N) is 2. The Balaban J connectivity index is 1.67. The van der Waals surface area contributed by atoms with Gasteiger partial charge in [0.05, 0.1) is 18.8 Å². The molecule has 0 aromatic heterocycles. The molecular formula is C18H28N2O2. The zero-order valence-corrected chi connectivity index (χ0v) is 13.8. The van der Waals surface area contributed by atoms with Crippen molar-refractivity contribution in [3.05, 3.63) is 29.8 Å². The van der Waals surface area contributed by atoms with Gasteiger partial charge in [-0.05, 0) is 57.0 Å². The molecule has 3 rings (SSSR count). The normalized spacial score (nSPS) is 30.6. The van der Waals surface area contributed by atoms with Crippen LogP contribution in [0, 0.1) is 0 Å². The fraction of sp³-hybridized carbons (Fsp3) is 0.667. The molecule has 0 radical (unpaired) electrons. The van der Waals surface area contributed by atoms with Crippen LogP contribution in [0.5, 0.6) is 5.75 Å². The number of aliphatic hydroxyl groups is 1. The SMILES string of the molecule is COc1cccc(CN2CCC(C)(O)C(N3CCCC3)C2)c1. The average molecular weight is 304 g/mol. The Labute approximate surface area is 133 Å². The highest BCUT2D eigenvalue weighted by Gasteiger charge is 2.41. The summed E-state index contributed by atoms with van der Waals surface area (Å²) in [4.78, 5) is 4.95.